The second-order valence-corrected chi connectivity index (χ2v) is 6.74. The number of likely N-dealkylation sites (N-methyl/N-ethyl adjacent to an activating group) is 1. The Labute approximate surface area is 113 Å². The van der Waals surface area contributed by atoms with Crippen LogP contribution in [-0.2, 0) is 0 Å². The Hall–Kier alpha value is -0.290. The zero-order valence-electron chi connectivity index (χ0n) is 12.1. The minimum Gasteiger partial charge on any atom is -0.315 e. The molecule has 1 heterocycles. The molecular formula is C14H25F3N2. The Morgan fingerprint density at radius 2 is 1.89 bits per heavy atom. The Bertz CT molecular complexity index is 314. The molecule has 3 unspecified atom stereocenters. The van der Waals surface area contributed by atoms with E-state index in [0.717, 1.165) is 19.4 Å². The molecule has 1 N–H and O–H groups in total. The first kappa shape index (κ1) is 15.1. The van der Waals surface area contributed by atoms with Crippen LogP contribution < -0.4 is 5.32 Å². The van der Waals surface area contributed by atoms with E-state index >= 15 is 0 Å². The summed E-state index contributed by atoms with van der Waals surface area (Å²) >= 11 is 0. The highest BCUT2D eigenvalue weighted by molar-refractivity contribution is 5.01. The molecule has 0 bridgehead atoms. The van der Waals surface area contributed by atoms with E-state index in [4.69, 9.17) is 0 Å². The molecule has 0 aromatic carbocycles. The van der Waals surface area contributed by atoms with Crippen molar-refractivity contribution in [2.75, 3.05) is 20.1 Å². The lowest BCUT2D eigenvalue weighted by atomic mass is 9.85. The molecule has 3 atom stereocenters. The highest BCUT2D eigenvalue weighted by atomic mass is 19.4. The van der Waals surface area contributed by atoms with Gasteiger partial charge >= 0.3 is 6.18 Å². The van der Waals surface area contributed by atoms with Crippen LogP contribution in [0.5, 0.6) is 0 Å². The number of hydrogen-bond acceptors (Lipinski definition) is 2. The number of likely N-dealkylation sites (tertiary alicyclic amines) is 1. The second-order valence-electron chi connectivity index (χ2n) is 6.74. The van der Waals surface area contributed by atoms with E-state index in [1.807, 2.05) is 7.05 Å². The van der Waals surface area contributed by atoms with Gasteiger partial charge in [0, 0.05) is 18.6 Å². The maximum Gasteiger partial charge on any atom is 0.393 e. The number of halogens is 3. The van der Waals surface area contributed by atoms with E-state index in [-0.39, 0.29) is 18.0 Å². The summed E-state index contributed by atoms with van der Waals surface area (Å²) in [5.74, 6) is -1.14. The number of piperidine rings is 1. The van der Waals surface area contributed by atoms with Gasteiger partial charge in [-0.1, -0.05) is 13.8 Å². The first-order valence-corrected chi connectivity index (χ1v) is 7.24. The Kier molecular flexibility index (Phi) is 4.17. The van der Waals surface area contributed by atoms with Crippen molar-refractivity contribution in [3.05, 3.63) is 0 Å². The van der Waals surface area contributed by atoms with Crippen molar-refractivity contribution in [2.45, 2.75) is 57.8 Å². The Morgan fingerprint density at radius 1 is 1.21 bits per heavy atom. The van der Waals surface area contributed by atoms with Crippen molar-refractivity contribution in [3.63, 3.8) is 0 Å². The van der Waals surface area contributed by atoms with Gasteiger partial charge in [-0.2, -0.15) is 13.2 Å². The molecule has 2 fully saturated rings. The zero-order valence-corrected chi connectivity index (χ0v) is 12.1. The molecule has 2 nitrogen and oxygen atoms in total. The largest absolute Gasteiger partial charge is 0.393 e. The smallest absolute Gasteiger partial charge is 0.315 e. The molecule has 1 aliphatic carbocycles. The van der Waals surface area contributed by atoms with E-state index in [9.17, 15) is 13.2 Å². The maximum absolute atomic E-state index is 12.9. The molecule has 0 amide bonds. The van der Waals surface area contributed by atoms with Crippen molar-refractivity contribution in [1.29, 1.82) is 0 Å². The average molecular weight is 278 g/mol. The minimum absolute atomic E-state index is 0.171. The van der Waals surface area contributed by atoms with Gasteiger partial charge in [0.25, 0.3) is 0 Å². The fraction of sp³-hybridized carbons (Fsp3) is 1.00. The molecule has 2 aliphatic rings. The maximum atomic E-state index is 12.9. The summed E-state index contributed by atoms with van der Waals surface area (Å²) in [6.45, 7) is 5.41. The third-order valence-corrected chi connectivity index (χ3v) is 5.01. The van der Waals surface area contributed by atoms with Gasteiger partial charge in [0.15, 0.2) is 0 Å². The Morgan fingerprint density at radius 3 is 2.47 bits per heavy atom. The standard InChI is InChI=1S/C14H25F3N2/c1-13(2)7-6-11(12(13)18-3)19-8-4-5-10(9-19)14(15,16)17/h10-12,18H,4-9H2,1-3H3. The number of nitrogens with zero attached hydrogens (tertiary/aromatic N) is 1. The summed E-state index contributed by atoms with van der Waals surface area (Å²) in [6.07, 6.45) is -1.00. The minimum atomic E-state index is -4.04. The molecule has 112 valence electrons. The molecule has 5 heteroatoms. The number of alkyl halides is 3. The topological polar surface area (TPSA) is 15.3 Å². The third kappa shape index (κ3) is 3.07. The molecule has 1 aliphatic heterocycles. The third-order valence-electron chi connectivity index (χ3n) is 5.01. The van der Waals surface area contributed by atoms with E-state index in [2.05, 4.69) is 24.1 Å². The number of rotatable bonds is 2. The van der Waals surface area contributed by atoms with E-state index < -0.39 is 12.1 Å². The van der Waals surface area contributed by atoms with Gasteiger partial charge in [0.2, 0.25) is 0 Å². The number of hydrogen-bond donors (Lipinski definition) is 1. The molecule has 0 aromatic heterocycles. The van der Waals surface area contributed by atoms with Crippen LogP contribution in [-0.4, -0.2) is 43.3 Å². The number of nitrogens with one attached hydrogen (secondary N) is 1. The monoisotopic (exact) mass is 278 g/mol. The van der Waals surface area contributed by atoms with Crippen LogP contribution in [0.25, 0.3) is 0 Å². The first-order chi connectivity index (χ1) is 8.75. The molecule has 0 radical (unpaired) electrons. The lowest BCUT2D eigenvalue weighted by molar-refractivity contribution is -0.189. The van der Waals surface area contributed by atoms with Gasteiger partial charge in [-0.15, -0.1) is 0 Å². The lowest BCUT2D eigenvalue weighted by Crippen LogP contribution is -2.54. The van der Waals surface area contributed by atoms with E-state index in [1.54, 1.807) is 0 Å². The van der Waals surface area contributed by atoms with Gasteiger partial charge < -0.3 is 5.32 Å². The summed E-state index contributed by atoms with van der Waals surface area (Å²) in [4.78, 5) is 2.08. The van der Waals surface area contributed by atoms with Crippen molar-refractivity contribution < 1.29 is 13.2 Å². The SMILES string of the molecule is CNC1C(N2CCCC(C(F)(F)F)C2)CCC1(C)C. The molecule has 1 saturated heterocycles. The summed E-state index contributed by atoms with van der Waals surface area (Å²) in [6, 6.07) is 0.546. The van der Waals surface area contributed by atoms with Crippen LogP contribution in [0.4, 0.5) is 13.2 Å². The predicted octanol–water partition coefficient (Wildman–Crippen LogP) is 3.04. The van der Waals surface area contributed by atoms with Gasteiger partial charge in [-0.3, -0.25) is 4.90 Å². The van der Waals surface area contributed by atoms with Crippen LogP contribution in [0, 0.1) is 11.3 Å². The van der Waals surface area contributed by atoms with Crippen LogP contribution >= 0.6 is 0 Å². The van der Waals surface area contributed by atoms with Crippen molar-refractivity contribution in [1.82, 2.24) is 10.2 Å². The van der Waals surface area contributed by atoms with Crippen LogP contribution in [0.2, 0.25) is 0 Å². The van der Waals surface area contributed by atoms with Crippen LogP contribution in [0.1, 0.15) is 39.5 Å². The molecule has 2 rings (SSSR count). The van der Waals surface area contributed by atoms with Gasteiger partial charge in [-0.05, 0) is 44.7 Å². The summed E-state index contributed by atoms with van der Waals surface area (Å²) in [5.41, 5.74) is 0.171. The fourth-order valence-corrected chi connectivity index (χ4v) is 3.91. The zero-order chi connectivity index (χ0) is 14.3. The highest BCUT2D eigenvalue weighted by Crippen LogP contribution is 2.42. The molecule has 19 heavy (non-hydrogen) atoms. The summed E-state index contributed by atoms with van der Waals surface area (Å²) in [5, 5.41) is 3.33. The summed E-state index contributed by atoms with van der Waals surface area (Å²) in [7, 11) is 1.93. The van der Waals surface area contributed by atoms with Crippen molar-refractivity contribution in [3.8, 4) is 0 Å². The lowest BCUT2D eigenvalue weighted by Gasteiger charge is -2.41. The average Bonchev–Trinajstić information content (AvgIpc) is 2.63. The second kappa shape index (κ2) is 5.24. The first-order valence-electron chi connectivity index (χ1n) is 7.24. The van der Waals surface area contributed by atoms with Crippen LogP contribution in [0.3, 0.4) is 0 Å². The summed E-state index contributed by atoms with van der Waals surface area (Å²) < 4.78 is 38.7. The van der Waals surface area contributed by atoms with Crippen molar-refractivity contribution >= 4 is 0 Å². The molecule has 0 spiro atoms. The van der Waals surface area contributed by atoms with E-state index in [0.29, 0.717) is 18.9 Å². The Balaban J connectivity index is 2.06. The van der Waals surface area contributed by atoms with Gasteiger partial charge in [-0.25, -0.2) is 0 Å². The predicted molar refractivity (Wildman–Crippen MR) is 70.0 cm³/mol. The van der Waals surface area contributed by atoms with Gasteiger partial charge in [0.1, 0.15) is 0 Å². The highest BCUT2D eigenvalue weighted by Gasteiger charge is 2.47. The van der Waals surface area contributed by atoms with Gasteiger partial charge in [0.05, 0.1) is 5.92 Å². The molecule has 1 saturated carbocycles. The molecular weight excluding hydrogens is 253 g/mol. The molecule has 0 aromatic rings. The normalized spacial score (nSPS) is 36.6. The quantitative estimate of drug-likeness (QED) is 0.835. The fourth-order valence-electron chi connectivity index (χ4n) is 3.91. The van der Waals surface area contributed by atoms with Crippen LogP contribution in [0.15, 0.2) is 0 Å². The van der Waals surface area contributed by atoms with Crippen molar-refractivity contribution in [2.24, 2.45) is 11.3 Å². The van der Waals surface area contributed by atoms with E-state index in [1.165, 1.54) is 0 Å².